The maximum absolute atomic E-state index is 13.5. The van der Waals surface area contributed by atoms with Crippen LogP contribution in [0.25, 0.3) is 5.57 Å². The zero-order valence-corrected chi connectivity index (χ0v) is 18.3. The van der Waals surface area contributed by atoms with Crippen LogP contribution in [-0.2, 0) is 20.9 Å². The van der Waals surface area contributed by atoms with E-state index in [9.17, 15) is 9.59 Å². The second-order valence-electron chi connectivity index (χ2n) is 8.06. The number of nitrogens with zero attached hydrogens (tertiary/aromatic N) is 3. The fourth-order valence-electron chi connectivity index (χ4n) is 4.35. The van der Waals surface area contributed by atoms with Gasteiger partial charge in [0.1, 0.15) is 0 Å². The third-order valence-electron chi connectivity index (χ3n) is 5.61. The molecule has 7 heteroatoms. The van der Waals surface area contributed by atoms with E-state index in [1.54, 1.807) is 4.90 Å². The Kier molecular flexibility index (Phi) is 5.16. The molecule has 1 saturated heterocycles. The molecular weight excluding hydrogens is 410 g/mol. The van der Waals surface area contributed by atoms with Gasteiger partial charge < -0.3 is 14.5 Å². The van der Waals surface area contributed by atoms with Gasteiger partial charge in [-0.3, -0.25) is 9.59 Å². The normalized spacial score (nSPS) is 25.8. The maximum atomic E-state index is 13.5. The molecule has 3 heterocycles. The van der Waals surface area contributed by atoms with Crippen molar-refractivity contribution in [2.24, 2.45) is 4.99 Å². The first kappa shape index (κ1) is 20.0. The van der Waals surface area contributed by atoms with Crippen LogP contribution in [0.15, 0.2) is 64.5 Å². The fourth-order valence-corrected chi connectivity index (χ4v) is 5.37. The van der Waals surface area contributed by atoms with Crippen molar-refractivity contribution >= 4 is 40.0 Å². The molecule has 0 aromatic heterocycles. The van der Waals surface area contributed by atoms with E-state index < -0.39 is 0 Å². The Labute approximate surface area is 185 Å². The highest BCUT2D eigenvalue weighted by Crippen LogP contribution is 2.44. The summed E-state index contributed by atoms with van der Waals surface area (Å²) in [6, 6.07) is 17.5. The van der Waals surface area contributed by atoms with Crippen LogP contribution in [0.2, 0.25) is 0 Å². The monoisotopic (exact) mass is 433 g/mol. The van der Waals surface area contributed by atoms with E-state index in [2.05, 4.69) is 9.89 Å². The first-order valence-electron chi connectivity index (χ1n) is 10.4. The van der Waals surface area contributed by atoms with Gasteiger partial charge in [-0.25, -0.2) is 0 Å². The minimum atomic E-state index is -0.341. The predicted molar refractivity (Wildman–Crippen MR) is 123 cm³/mol. The third-order valence-corrected chi connectivity index (χ3v) is 6.72. The summed E-state index contributed by atoms with van der Waals surface area (Å²) in [5.41, 5.74) is 3.11. The number of thioether (sulfide) groups is 1. The maximum Gasteiger partial charge on any atom is 0.287 e. The van der Waals surface area contributed by atoms with Crippen molar-refractivity contribution < 1.29 is 14.3 Å². The topological polar surface area (TPSA) is 62.2 Å². The van der Waals surface area contributed by atoms with Crippen LogP contribution in [0.4, 0.5) is 5.69 Å². The molecular formula is C24H23N3O3S. The number of anilines is 1. The molecule has 0 aliphatic carbocycles. The second-order valence-corrected chi connectivity index (χ2v) is 9.04. The summed E-state index contributed by atoms with van der Waals surface area (Å²) in [6.07, 6.45) is 0.128. The summed E-state index contributed by atoms with van der Waals surface area (Å²) in [5, 5.41) is 0.654. The lowest BCUT2D eigenvalue weighted by Gasteiger charge is -2.35. The van der Waals surface area contributed by atoms with Crippen molar-refractivity contribution in [3.05, 3.63) is 70.6 Å². The lowest BCUT2D eigenvalue weighted by atomic mass is 10.1. The van der Waals surface area contributed by atoms with Crippen molar-refractivity contribution in [2.45, 2.75) is 32.6 Å². The number of amidine groups is 1. The molecule has 0 N–H and O–H groups in total. The van der Waals surface area contributed by atoms with Crippen molar-refractivity contribution in [1.82, 2.24) is 4.90 Å². The van der Waals surface area contributed by atoms with Crippen LogP contribution in [0.1, 0.15) is 25.0 Å². The molecule has 3 aliphatic rings. The SMILES string of the molecule is C[C@@H]1CN(C2=NC(=O)/C(=C3/C(=O)N(Cc4ccccc4)c4ccccc43)S2)C[C@@H](C)O1. The molecule has 2 amide bonds. The number of ether oxygens (including phenoxy) is 1. The molecule has 2 aromatic rings. The molecule has 0 unspecified atom stereocenters. The highest BCUT2D eigenvalue weighted by molar-refractivity contribution is 8.18. The van der Waals surface area contributed by atoms with Gasteiger partial charge in [0.25, 0.3) is 11.8 Å². The number of benzene rings is 2. The minimum absolute atomic E-state index is 0.0639. The number of aliphatic imine (C=N–C) groups is 1. The molecule has 158 valence electrons. The van der Waals surface area contributed by atoms with E-state index in [0.29, 0.717) is 35.3 Å². The van der Waals surface area contributed by atoms with Crippen LogP contribution in [-0.4, -0.2) is 47.2 Å². The Hall–Kier alpha value is -2.90. The quantitative estimate of drug-likeness (QED) is 0.676. The number of fused-ring (bicyclic) bond motifs is 1. The average Bonchev–Trinajstić information content (AvgIpc) is 3.26. The number of morpholine rings is 1. The minimum Gasteiger partial charge on any atom is -0.372 e. The lowest BCUT2D eigenvalue weighted by molar-refractivity contribution is -0.115. The molecule has 6 nitrogen and oxygen atoms in total. The number of carbonyl (C=O) groups is 2. The summed E-state index contributed by atoms with van der Waals surface area (Å²) in [4.78, 5) is 35.0. The molecule has 2 aromatic carbocycles. The van der Waals surface area contributed by atoms with Gasteiger partial charge in [0.05, 0.1) is 34.9 Å². The summed E-state index contributed by atoms with van der Waals surface area (Å²) in [5.74, 6) is -0.493. The first-order chi connectivity index (χ1) is 15.0. The van der Waals surface area contributed by atoms with Gasteiger partial charge in [-0.2, -0.15) is 4.99 Å². The van der Waals surface area contributed by atoms with Gasteiger partial charge in [0.2, 0.25) is 0 Å². The van der Waals surface area contributed by atoms with E-state index in [1.165, 1.54) is 11.8 Å². The predicted octanol–water partition coefficient (Wildman–Crippen LogP) is 3.68. The number of rotatable bonds is 2. The zero-order valence-electron chi connectivity index (χ0n) is 17.4. The zero-order chi connectivity index (χ0) is 21.5. The fraction of sp³-hybridized carbons (Fsp3) is 0.292. The number of hydrogen-bond acceptors (Lipinski definition) is 5. The molecule has 0 spiro atoms. The van der Waals surface area contributed by atoms with Crippen LogP contribution >= 0.6 is 11.8 Å². The summed E-state index contributed by atoms with van der Waals surface area (Å²) in [7, 11) is 0. The van der Waals surface area contributed by atoms with Crippen molar-refractivity contribution in [1.29, 1.82) is 0 Å². The van der Waals surface area contributed by atoms with Crippen molar-refractivity contribution in [3.8, 4) is 0 Å². The van der Waals surface area contributed by atoms with Crippen LogP contribution in [0, 0.1) is 0 Å². The largest absolute Gasteiger partial charge is 0.372 e. The molecule has 31 heavy (non-hydrogen) atoms. The summed E-state index contributed by atoms with van der Waals surface area (Å²) < 4.78 is 5.80. The molecule has 0 radical (unpaired) electrons. The highest BCUT2D eigenvalue weighted by Gasteiger charge is 2.40. The smallest absolute Gasteiger partial charge is 0.287 e. The van der Waals surface area contributed by atoms with E-state index in [4.69, 9.17) is 4.74 Å². The molecule has 5 rings (SSSR count). The van der Waals surface area contributed by atoms with Crippen molar-refractivity contribution in [2.75, 3.05) is 18.0 Å². The number of para-hydroxylation sites is 1. The number of carbonyl (C=O) groups excluding carboxylic acids is 2. The Morgan fingerprint density at radius 1 is 1.00 bits per heavy atom. The van der Waals surface area contributed by atoms with Gasteiger partial charge in [0.15, 0.2) is 5.17 Å². The number of amides is 2. The molecule has 2 atom stereocenters. The van der Waals surface area contributed by atoms with Crippen molar-refractivity contribution in [3.63, 3.8) is 0 Å². The van der Waals surface area contributed by atoms with Gasteiger partial charge in [-0.1, -0.05) is 48.5 Å². The first-order valence-corrected chi connectivity index (χ1v) is 11.2. The van der Waals surface area contributed by atoms with Gasteiger partial charge in [0, 0.05) is 18.7 Å². The molecule has 0 bridgehead atoms. The second kappa shape index (κ2) is 7.98. The molecule has 1 fully saturated rings. The average molecular weight is 434 g/mol. The summed E-state index contributed by atoms with van der Waals surface area (Å²) >= 11 is 1.31. The van der Waals surface area contributed by atoms with Crippen LogP contribution in [0.3, 0.4) is 0 Å². The summed E-state index contributed by atoms with van der Waals surface area (Å²) in [6.45, 7) is 5.84. The van der Waals surface area contributed by atoms with E-state index >= 15 is 0 Å². The highest BCUT2D eigenvalue weighted by atomic mass is 32.2. The Morgan fingerprint density at radius 2 is 1.68 bits per heavy atom. The Balaban J connectivity index is 1.48. The lowest BCUT2D eigenvalue weighted by Crippen LogP contribution is -2.47. The molecule has 3 aliphatic heterocycles. The third kappa shape index (κ3) is 3.68. The standard InChI is InChI=1S/C24H23N3O3S/c1-15-12-26(13-16(2)30-15)24-25-22(28)21(31-24)20-18-10-6-7-11-19(18)27(23(20)29)14-17-8-4-3-5-9-17/h3-11,15-16H,12-14H2,1-2H3/b21-20-/t15-,16-/m1/s1. The number of hydrogen-bond donors (Lipinski definition) is 0. The van der Waals surface area contributed by atoms with Gasteiger partial charge >= 0.3 is 0 Å². The van der Waals surface area contributed by atoms with Crippen LogP contribution in [0.5, 0.6) is 0 Å². The van der Waals surface area contributed by atoms with E-state index in [-0.39, 0.29) is 24.0 Å². The van der Waals surface area contributed by atoms with E-state index in [1.807, 2.05) is 68.4 Å². The Bertz CT molecular complexity index is 1100. The van der Waals surface area contributed by atoms with Gasteiger partial charge in [-0.05, 0) is 37.2 Å². The molecule has 0 saturated carbocycles. The van der Waals surface area contributed by atoms with E-state index in [0.717, 1.165) is 16.8 Å². The Morgan fingerprint density at radius 3 is 2.42 bits per heavy atom. The van der Waals surface area contributed by atoms with Gasteiger partial charge in [-0.15, -0.1) is 0 Å². The van der Waals surface area contributed by atoms with Crippen LogP contribution < -0.4 is 4.90 Å².